The van der Waals surface area contributed by atoms with Crippen LogP contribution in [0.25, 0.3) is 0 Å². The van der Waals surface area contributed by atoms with E-state index in [-0.39, 0.29) is 22.1 Å². The normalized spacial score (nSPS) is 14.0. The second-order valence-electron chi connectivity index (χ2n) is 5.27. The maximum Gasteiger partial charge on any atom is 0.283 e. The SMILES string of the molecule is COc1ccc(NC2=C(Cl)C(=O)N(c3cccc([N+](=O)[O-])c3)C2=O)cc1. The Labute approximate surface area is 152 Å². The number of methoxy groups -OCH3 is 1. The Hall–Kier alpha value is -3.39. The van der Waals surface area contributed by atoms with E-state index in [0.717, 1.165) is 11.0 Å². The zero-order chi connectivity index (χ0) is 18.8. The maximum absolute atomic E-state index is 12.6. The topological polar surface area (TPSA) is 102 Å². The highest BCUT2D eigenvalue weighted by atomic mass is 35.5. The molecule has 3 rings (SSSR count). The summed E-state index contributed by atoms with van der Waals surface area (Å²) < 4.78 is 5.05. The summed E-state index contributed by atoms with van der Waals surface area (Å²) in [5.74, 6) is -0.827. The average Bonchev–Trinajstić information content (AvgIpc) is 2.86. The van der Waals surface area contributed by atoms with Gasteiger partial charge in [0.25, 0.3) is 17.5 Å². The highest BCUT2D eigenvalue weighted by Crippen LogP contribution is 2.31. The summed E-state index contributed by atoms with van der Waals surface area (Å²) in [5.41, 5.74) is 0.254. The van der Waals surface area contributed by atoms with Gasteiger partial charge in [-0.3, -0.25) is 19.7 Å². The molecule has 0 fully saturated rings. The summed E-state index contributed by atoms with van der Waals surface area (Å²) in [5, 5.41) is 13.4. The van der Waals surface area contributed by atoms with Gasteiger partial charge in [-0.2, -0.15) is 0 Å². The number of hydrogen-bond donors (Lipinski definition) is 1. The number of carbonyl (C=O) groups excluding carboxylic acids is 2. The Morgan fingerprint density at radius 2 is 1.81 bits per heavy atom. The Balaban J connectivity index is 1.89. The molecule has 0 atom stereocenters. The first-order chi connectivity index (χ1) is 12.4. The standard InChI is InChI=1S/C17H12ClN3O5/c1-26-13-7-5-10(6-8-13)19-15-14(18)16(22)20(17(15)23)11-3-2-4-12(9-11)21(24)25/h2-9,19H,1H3. The molecule has 9 heteroatoms. The smallest absolute Gasteiger partial charge is 0.283 e. The van der Waals surface area contributed by atoms with Crippen LogP contribution in [0.1, 0.15) is 0 Å². The third-order valence-electron chi connectivity index (χ3n) is 3.69. The highest BCUT2D eigenvalue weighted by Gasteiger charge is 2.39. The van der Waals surface area contributed by atoms with E-state index in [1.54, 1.807) is 24.3 Å². The fraction of sp³-hybridized carbons (Fsp3) is 0.0588. The van der Waals surface area contributed by atoms with Crippen molar-refractivity contribution in [1.82, 2.24) is 0 Å². The van der Waals surface area contributed by atoms with Gasteiger partial charge < -0.3 is 10.1 Å². The predicted molar refractivity (Wildman–Crippen MR) is 95.1 cm³/mol. The van der Waals surface area contributed by atoms with Crippen molar-refractivity contribution in [2.24, 2.45) is 0 Å². The second kappa shape index (κ2) is 6.85. The molecule has 1 aliphatic heterocycles. The molecule has 0 saturated heterocycles. The molecule has 0 aromatic heterocycles. The van der Waals surface area contributed by atoms with Crippen LogP contribution in [-0.4, -0.2) is 23.8 Å². The van der Waals surface area contributed by atoms with Gasteiger partial charge in [0.05, 0.1) is 17.7 Å². The van der Waals surface area contributed by atoms with Crippen molar-refractivity contribution in [3.8, 4) is 5.75 Å². The van der Waals surface area contributed by atoms with Crippen molar-refractivity contribution in [3.05, 3.63) is 69.4 Å². The van der Waals surface area contributed by atoms with E-state index in [1.165, 1.54) is 25.3 Å². The van der Waals surface area contributed by atoms with Crippen LogP contribution in [0.5, 0.6) is 5.75 Å². The van der Waals surface area contributed by atoms with E-state index in [1.807, 2.05) is 0 Å². The molecule has 0 spiro atoms. The van der Waals surface area contributed by atoms with Crippen LogP contribution >= 0.6 is 11.6 Å². The van der Waals surface area contributed by atoms with Crippen LogP contribution < -0.4 is 15.0 Å². The zero-order valence-corrected chi connectivity index (χ0v) is 14.2. The van der Waals surface area contributed by atoms with E-state index in [2.05, 4.69) is 5.32 Å². The van der Waals surface area contributed by atoms with Crippen molar-refractivity contribution in [2.45, 2.75) is 0 Å². The fourth-order valence-corrected chi connectivity index (χ4v) is 2.62. The number of nitrogens with one attached hydrogen (secondary N) is 1. The number of nitro benzene ring substituents is 1. The molecule has 8 nitrogen and oxygen atoms in total. The summed E-state index contributed by atoms with van der Waals surface area (Å²) >= 11 is 6.03. The number of halogens is 1. The fourth-order valence-electron chi connectivity index (χ4n) is 2.41. The Bertz CT molecular complexity index is 940. The number of carbonyl (C=O) groups is 2. The molecule has 2 aromatic rings. The first-order valence-corrected chi connectivity index (χ1v) is 7.74. The Kier molecular flexibility index (Phi) is 4.59. The van der Waals surface area contributed by atoms with E-state index in [9.17, 15) is 19.7 Å². The van der Waals surface area contributed by atoms with Crippen LogP contribution in [0.15, 0.2) is 59.3 Å². The molecule has 1 heterocycles. The van der Waals surface area contributed by atoms with Crippen LogP contribution in [0.3, 0.4) is 0 Å². The minimum Gasteiger partial charge on any atom is -0.497 e. The molecule has 0 bridgehead atoms. The van der Waals surface area contributed by atoms with Crippen LogP contribution in [0.4, 0.5) is 17.1 Å². The number of rotatable bonds is 5. The number of hydrogen-bond acceptors (Lipinski definition) is 6. The van der Waals surface area contributed by atoms with Crippen LogP contribution in [0.2, 0.25) is 0 Å². The van der Waals surface area contributed by atoms with Crippen molar-refractivity contribution in [1.29, 1.82) is 0 Å². The number of nitrogens with zero attached hydrogens (tertiary/aromatic N) is 2. The van der Waals surface area contributed by atoms with Gasteiger partial charge in [-0.1, -0.05) is 17.7 Å². The molecule has 26 heavy (non-hydrogen) atoms. The Morgan fingerprint density at radius 1 is 1.12 bits per heavy atom. The van der Waals surface area contributed by atoms with E-state index >= 15 is 0 Å². The maximum atomic E-state index is 12.6. The predicted octanol–water partition coefficient (Wildman–Crippen LogP) is 3.04. The lowest BCUT2D eigenvalue weighted by Crippen LogP contribution is -2.32. The van der Waals surface area contributed by atoms with Gasteiger partial charge >= 0.3 is 0 Å². The average molecular weight is 374 g/mol. The number of ether oxygens (including phenoxy) is 1. The molecule has 132 valence electrons. The van der Waals surface area contributed by atoms with Gasteiger partial charge in [-0.25, -0.2) is 4.90 Å². The summed E-state index contributed by atoms with van der Waals surface area (Å²) in [7, 11) is 1.53. The molecule has 1 aliphatic rings. The number of amides is 2. The molecule has 2 aromatic carbocycles. The molecule has 1 N–H and O–H groups in total. The van der Waals surface area contributed by atoms with Gasteiger partial charge in [0, 0.05) is 17.8 Å². The lowest BCUT2D eigenvalue weighted by molar-refractivity contribution is -0.384. The number of anilines is 2. The minimum absolute atomic E-state index is 0.0684. The minimum atomic E-state index is -0.756. The zero-order valence-electron chi connectivity index (χ0n) is 13.4. The largest absolute Gasteiger partial charge is 0.497 e. The van der Waals surface area contributed by atoms with Gasteiger partial charge in [0.2, 0.25) is 0 Å². The van der Waals surface area contributed by atoms with Gasteiger partial charge in [-0.05, 0) is 30.3 Å². The van der Waals surface area contributed by atoms with Gasteiger partial charge in [0.15, 0.2) is 0 Å². The second-order valence-corrected chi connectivity index (χ2v) is 5.64. The summed E-state index contributed by atoms with van der Waals surface area (Å²) in [6.07, 6.45) is 0. The monoisotopic (exact) mass is 373 g/mol. The third-order valence-corrected chi connectivity index (χ3v) is 4.04. The molecule has 0 unspecified atom stereocenters. The number of benzene rings is 2. The highest BCUT2D eigenvalue weighted by molar-refractivity contribution is 6.53. The molecule has 0 saturated carbocycles. The van der Waals surface area contributed by atoms with E-state index in [4.69, 9.17) is 16.3 Å². The van der Waals surface area contributed by atoms with Crippen molar-refractivity contribution in [3.63, 3.8) is 0 Å². The first-order valence-electron chi connectivity index (χ1n) is 7.36. The first kappa shape index (κ1) is 17.4. The van der Waals surface area contributed by atoms with Crippen molar-refractivity contribution < 1.29 is 19.2 Å². The molecule has 2 amide bonds. The lowest BCUT2D eigenvalue weighted by Gasteiger charge is -2.15. The number of nitro groups is 1. The Morgan fingerprint density at radius 3 is 2.42 bits per heavy atom. The summed E-state index contributed by atoms with van der Waals surface area (Å²) in [6.45, 7) is 0. The van der Waals surface area contributed by atoms with Crippen LogP contribution in [-0.2, 0) is 9.59 Å². The summed E-state index contributed by atoms with van der Waals surface area (Å²) in [4.78, 5) is 36.1. The number of non-ortho nitro benzene ring substituents is 1. The molecule has 0 radical (unpaired) electrons. The van der Waals surface area contributed by atoms with Gasteiger partial charge in [-0.15, -0.1) is 0 Å². The molecular formula is C17H12ClN3O5. The summed E-state index contributed by atoms with van der Waals surface area (Å²) in [6, 6.07) is 11.9. The van der Waals surface area contributed by atoms with Crippen molar-refractivity contribution in [2.75, 3.05) is 17.3 Å². The quantitative estimate of drug-likeness (QED) is 0.491. The number of imide groups is 1. The van der Waals surface area contributed by atoms with E-state index in [0.29, 0.717) is 11.4 Å². The van der Waals surface area contributed by atoms with Gasteiger partial charge in [0.1, 0.15) is 16.5 Å². The molecule has 0 aliphatic carbocycles. The van der Waals surface area contributed by atoms with E-state index < -0.39 is 16.7 Å². The van der Waals surface area contributed by atoms with Crippen molar-refractivity contribution >= 4 is 40.5 Å². The van der Waals surface area contributed by atoms with Crippen LogP contribution in [0, 0.1) is 10.1 Å². The molecular weight excluding hydrogens is 362 g/mol. The lowest BCUT2D eigenvalue weighted by atomic mass is 10.2. The third kappa shape index (κ3) is 3.09.